The van der Waals surface area contributed by atoms with Crippen LogP contribution in [-0.4, -0.2) is 79.7 Å². The van der Waals surface area contributed by atoms with Crippen molar-refractivity contribution in [1.82, 2.24) is 14.8 Å². The number of carbonyl (C=O) groups is 1. The van der Waals surface area contributed by atoms with Crippen molar-refractivity contribution in [2.24, 2.45) is 0 Å². The molecule has 3 heterocycles. The maximum absolute atomic E-state index is 13.0. The van der Waals surface area contributed by atoms with Crippen molar-refractivity contribution in [2.75, 3.05) is 58.4 Å². The van der Waals surface area contributed by atoms with Crippen LogP contribution in [0, 0.1) is 0 Å². The number of alkyl halides is 3. The van der Waals surface area contributed by atoms with E-state index in [0.29, 0.717) is 58.0 Å². The summed E-state index contributed by atoms with van der Waals surface area (Å²) in [4.78, 5) is 22.3. The predicted molar refractivity (Wildman–Crippen MR) is 99.1 cm³/mol. The van der Waals surface area contributed by atoms with E-state index in [1.807, 2.05) is 16.8 Å². The Kier molecular flexibility index (Phi) is 6.14. The molecule has 0 aliphatic carbocycles. The molecule has 28 heavy (non-hydrogen) atoms. The van der Waals surface area contributed by atoms with Gasteiger partial charge in [0, 0.05) is 51.8 Å². The number of pyridine rings is 1. The smallest absolute Gasteiger partial charge is 0.383 e. The Morgan fingerprint density at radius 3 is 2.71 bits per heavy atom. The number of methoxy groups -OCH3 is 1. The molecule has 2 saturated heterocycles. The van der Waals surface area contributed by atoms with Gasteiger partial charge in [-0.05, 0) is 32.0 Å². The number of amides is 1. The number of carbonyl (C=O) groups excluding carboxylic acids is 1. The van der Waals surface area contributed by atoms with Crippen molar-refractivity contribution in [3.8, 4) is 0 Å². The SMILES string of the molecule is COCCN1CCC2(CCC1=O)CN(c1cccc(C(F)(F)F)n1)CCN2C. The third-order valence-electron chi connectivity index (χ3n) is 5.92. The number of ether oxygens (including phenoxy) is 1. The molecule has 156 valence electrons. The first-order valence-electron chi connectivity index (χ1n) is 9.52. The molecule has 0 radical (unpaired) electrons. The third-order valence-corrected chi connectivity index (χ3v) is 5.92. The Morgan fingerprint density at radius 1 is 1.21 bits per heavy atom. The van der Waals surface area contributed by atoms with Gasteiger partial charge >= 0.3 is 6.18 Å². The van der Waals surface area contributed by atoms with Crippen molar-refractivity contribution >= 4 is 11.7 Å². The van der Waals surface area contributed by atoms with Gasteiger partial charge in [-0.3, -0.25) is 9.69 Å². The zero-order chi connectivity index (χ0) is 20.4. The molecule has 0 aromatic carbocycles. The number of halogens is 3. The van der Waals surface area contributed by atoms with Gasteiger partial charge in [-0.1, -0.05) is 6.07 Å². The normalized spacial score (nSPS) is 24.7. The molecule has 0 bridgehead atoms. The van der Waals surface area contributed by atoms with Crippen LogP contribution in [0.25, 0.3) is 0 Å². The van der Waals surface area contributed by atoms with Crippen molar-refractivity contribution in [3.05, 3.63) is 23.9 Å². The van der Waals surface area contributed by atoms with E-state index >= 15 is 0 Å². The summed E-state index contributed by atoms with van der Waals surface area (Å²) in [6.45, 7) is 3.56. The molecule has 3 rings (SSSR count). The summed E-state index contributed by atoms with van der Waals surface area (Å²) in [5, 5.41) is 0. The van der Waals surface area contributed by atoms with Crippen LogP contribution in [0.2, 0.25) is 0 Å². The van der Waals surface area contributed by atoms with Crippen LogP contribution in [0.4, 0.5) is 19.0 Å². The molecule has 9 heteroatoms. The van der Waals surface area contributed by atoms with Crippen molar-refractivity contribution in [2.45, 2.75) is 31.0 Å². The minimum Gasteiger partial charge on any atom is -0.383 e. The Bertz CT molecular complexity index is 700. The zero-order valence-electron chi connectivity index (χ0n) is 16.3. The quantitative estimate of drug-likeness (QED) is 0.776. The molecular formula is C19H27F3N4O2. The molecule has 2 aliphatic heterocycles. The minimum atomic E-state index is -4.46. The highest BCUT2D eigenvalue weighted by molar-refractivity contribution is 5.76. The molecule has 1 spiro atoms. The lowest BCUT2D eigenvalue weighted by atomic mass is 9.86. The summed E-state index contributed by atoms with van der Waals surface area (Å²) in [7, 11) is 3.64. The van der Waals surface area contributed by atoms with E-state index in [9.17, 15) is 18.0 Å². The summed E-state index contributed by atoms with van der Waals surface area (Å²) in [5.74, 6) is 0.450. The van der Waals surface area contributed by atoms with Crippen LogP contribution in [0.3, 0.4) is 0 Å². The molecule has 2 aliphatic rings. The first kappa shape index (κ1) is 20.9. The van der Waals surface area contributed by atoms with Crippen LogP contribution in [0.15, 0.2) is 18.2 Å². The molecule has 0 saturated carbocycles. The number of likely N-dealkylation sites (N-methyl/N-ethyl adjacent to an activating group) is 1. The van der Waals surface area contributed by atoms with Gasteiger partial charge in [0.15, 0.2) is 0 Å². The fraction of sp³-hybridized carbons (Fsp3) is 0.684. The van der Waals surface area contributed by atoms with E-state index in [0.717, 1.165) is 12.5 Å². The van der Waals surface area contributed by atoms with Gasteiger partial charge in [-0.15, -0.1) is 0 Å². The van der Waals surface area contributed by atoms with Crippen LogP contribution in [0.5, 0.6) is 0 Å². The fourth-order valence-electron chi connectivity index (χ4n) is 4.08. The topological polar surface area (TPSA) is 48.9 Å². The van der Waals surface area contributed by atoms with E-state index in [-0.39, 0.29) is 11.4 Å². The second-order valence-electron chi connectivity index (χ2n) is 7.57. The molecule has 1 aromatic heterocycles. The summed E-state index contributed by atoms with van der Waals surface area (Å²) < 4.78 is 44.2. The lowest BCUT2D eigenvalue weighted by Crippen LogP contribution is -2.61. The van der Waals surface area contributed by atoms with Crippen molar-refractivity contribution in [1.29, 1.82) is 0 Å². The van der Waals surface area contributed by atoms with E-state index in [2.05, 4.69) is 9.88 Å². The molecule has 2 fully saturated rings. The maximum atomic E-state index is 13.0. The van der Waals surface area contributed by atoms with Crippen LogP contribution < -0.4 is 4.90 Å². The fourth-order valence-corrected chi connectivity index (χ4v) is 4.08. The van der Waals surface area contributed by atoms with Gasteiger partial charge in [0.2, 0.25) is 5.91 Å². The number of likely N-dealkylation sites (tertiary alicyclic amines) is 1. The second kappa shape index (κ2) is 8.24. The lowest BCUT2D eigenvalue weighted by molar-refractivity contribution is -0.141. The van der Waals surface area contributed by atoms with E-state index in [1.165, 1.54) is 6.07 Å². The van der Waals surface area contributed by atoms with Gasteiger partial charge in [0.25, 0.3) is 0 Å². The summed E-state index contributed by atoms with van der Waals surface area (Å²) in [5.41, 5.74) is -1.13. The zero-order valence-corrected chi connectivity index (χ0v) is 16.3. The molecule has 1 aromatic rings. The van der Waals surface area contributed by atoms with E-state index in [4.69, 9.17) is 4.74 Å². The maximum Gasteiger partial charge on any atom is 0.433 e. The first-order valence-corrected chi connectivity index (χ1v) is 9.52. The number of rotatable bonds is 4. The molecule has 0 N–H and O–H groups in total. The Hall–Kier alpha value is -1.87. The Labute approximate surface area is 163 Å². The minimum absolute atomic E-state index is 0.108. The number of piperazine rings is 1. The number of hydrogen-bond acceptors (Lipinski definition) is 5. The van der Waals surface area contributed by atoms with Gasteiger partial charge < -0.3 is 14.5 Å². The Morgan fingerprint density at radius 2 is 2.00 bits per heavy atom. The summed E-state index contributed by atoms with van der Waals surface area (Å²) in [6.07, 6.45) is -2.58. The molecule has 1 amide bonds. The van der Waals surface area contributed by atoms with Gasteiger partial charge in [0.1, 0.15) is 11.5 Å². The molecule has 1 atom stereocenters. The highest BCUT2D eigenvalue weighted by Crippen LogP contribution is 2.34. The van der Waals surface area contributed by atoms with Crippen molar-refractivity contribution < 1.29 is 22.7 Å². The Balaban J connectivity index is 1.78. The van der Waals surface area contributed by atoms with Gasteiger partial charge in [-0.2, -0.15) is 13.2 Å². The average Bonchev–Trinajstić information content (AvgIpc) is 2.82. The summed E-state index contributed by atoms with van der Waals surface area (Å²) in [6, 6.07) is 4.02. The third kappa shape index (κ3) is 4.41. The highest BCUT2D eigenvalue weighted by Gasteiger charge is 2.43. The largest absolute Gasteiger partial charge is 0.433 e. The first-order chi connectivity index (χ1) is 13.2. The molecular weight excluding hydrogens is 373 g/mol. The lowest BCUT2D eigenvalue weighted by Gasteiger charge is -2.49. The highest BCUT2D eigenvalue weighted by atomic mass is 19.4. The predicted octanol–water partition coefficient (Wildman–Crippen LogP) is 2.25. The van der Waals surface area contributed by atoms with Gasteiger partial charge in [-0.25, -0.2) is 4.98 Å². The molecule has 6 nitrogen and oxygen atoms in total. The van der Waals surface area contributed by atoms with E-state index < -0.39 is 11.9 Å². The number of aromatic nitrogens is 1. The standard InChI is InChI=1S/C19H27F3N4O2/c1-24-10-11-26(16-5-3-4-15(23-16)19(20,21)22)14-18(24)7-6-17(27)25(9-8-18)12-13-28-2/h3-5H,6-14H2,1-2H3. The van der Waals surface area contributed by atoms with Crippen LogP contribution in [-0.2, 0) is 15.7 Å². The monoisotopic (exact) mass is 400 g/mol. The molecule has 1 unspecified atom stereocenters. The number of hydrogen-bond donors (Lipinski definition) is 0. The van der Waals surface area contributed by atoms with Crippen molar-refractivity contribution in [3.63, 3.8) is 0 Å². The van der Waals surface area contributed by atoms with Crippen LogP contribution >= 0.6 is 0 Å². The second-order valence-corrected chi connectivity index (χ2v) is 7.57. The average molecular weight is 400 g/mol. The van der Waals surface area contributed by atoms with E-state index in [1.54, 1.807) is 13.2 Å². The van der Waals surface area contributed by atoms with Crippen LogP contribution in [0.1, 0.15) is 25.0 Å². The number of anilines is 1. The number of nitrogens with zero attached hydrogens (tertiary/aromatic N) is 4. The summed E-state index contributed by atoms with van der Waals surface area (Å²) >= 11 is 0. The van der Waals surface area contributed by atoms with Gasteiger partial charge in [0.05, 0.1) is 6.61 Å².